The standard InChI is InChI=1S/C20H27N3O3/c1-14-6-8-17(24-3)15(12-14)10-11-22-20(21-2)23-16-7-9-18(25-4)19(13-16)26-5/h6-9,12-13H,10-11H2,1-5H3,(H2,21,22,23). The molecule has 0 saturated heterocycles. The monoisotopic (exact) mass is 357 g/mol. The van der Waals surface area contributed by atoms with Crippen molar-refractivity contribution in [2.75, 3.05) is 40.2 Å². The van der Waals surface area contributed by atoms with Crippen LogP contribution in [0.25, 0.3) is 0 Å². The average Bonchev–Trinajstić information content (AvgIpc) is 2.67. The normalized spacial score (nSPS) is 11.0. The minimum Gasteiger partial charge on any atom is -0.496 e. The highest BCUT2D eigenvalue weighted by molar-refractivity contribution is 5.93. The van der Waals surface area contributed by atoms with Gasteiger partial charge >= 0.3 is 0 Å². The largest absolute Gasteiger partial charge is 0.496 e. The summed E-state index contributed by atoms with van der Waals surface area (Å²) in [6.07, 6.45) is 0.831. The first-order valence-electron chi connectivity index (χ1n) is 8.44. The maximum absolute atomic E-state index is 5.43. The summed E-state index contributed by atoms with van der Waals surface area (Å²) in [5.41, 5.74) is 3.25. The Hall–Kier alpha value is -2.89. The Morgan fingerprint density at radius 1 is 0.923 bits per heavy atom. The third-order valence-electron chi connectivity index (χ3n) is 3.99. The molecule has 0 atom stereocenters. The lowest BCUT2D eigenvalue weighted by atomic mass is 10.1. The van der Waals surface area contributed by atoms with E-state index >= 15 is 0 Å². The molecule has 26 heavy (non-hydrogen) atoms. The predicted octanol–water partition coefficient (Wildman–Crippen LogP) is 3.25. The Morgan fingerprint density at radius 3 is 2.27 bits per heavy atom. The number of guanidine groups is 1. The molecule has 2 rings (SSSR count). The SMILES string of the molecule is CN=C(NCCc1cc(C)ccc1OC)Nc1ccc(OC)c(OC)c1. The van der Waals surface area contributed by atoms with E-state index in [2.05, 4.69) is 28.6 Å². The van der Waals surface area contributed by atoms with Crippen LogP contribution >= 0.6 is 0 Å². The molecule has 0 aromatic heterocycles. The van der Waals surface area contributed by atoms with E-state index in [1.165, 1.54) is 11.1 Å². The summed E-state index contributed by atoms with van der Waals surface area (Å²) in [5, 5.41) is 6.57. The fourth-order valence-electron chi connectivity index (χ4n) is 2.65. The fourth-order valence-corrected chi connectivity index (χ4v) is 2.65. The smallest absolute Gasteiger partial charge is 0.195 e. The lowest BCUT2D eigenvalue weighted by molar-refractivity contribution is 0.355. The molecule has 0 aliphatic heterocycles. The summed E-state index contributed by atoms with van der Waals surface area (Å²) >= 11 is 0. The van der Waals surface area contributed by atoms with Crippen molar-refractivity contribution in [3.8, 4) is 17.2 Å². The van der Waals surface area contributed by atoms with Crippen molar-refractivity contribution in [3.05, 3.63) is 47.5 Å². The topological polar surface area (TPSA) is 64.1 Å². The zero-order valence-electron chi connectivity index (χ0n) is 16.1. The molecular weight excluding hydrogens is 330 g/mol. The van der Waals surface area contributed by atoms with Crippen LogP contribution in [0.4, 0.5) is 5.69 Å². The average molecular weight is 357 g/mol. The molecule has 0 spiro atoms. The lowest BCUT2D eigenvalue weighted by Gasteiger charge is -2.15. The van der Waals surface area contributed by atoms with Crippen molar-refractivity contribution in [1.82, 2.24) is 5.32 Å². The van der Waals surface area contributed by atoms with Crippen LogP contribution in [0.1, 0.15) is 11.1 Å². The van der Waals surface area contributed by atoms with Crippen molar-refractivity contribution in [1.29, 1.82) is 0 Å². The molecule has 0 unspecified atom stereocenters. The molecular formula is C20H27N3O3. The van der Waals surface area contributed by atoms with Gasteiger partial charge in [0.05, 0.1) is 21.3 Å². The van der Waals surface area contributed by atoms with Gasteiger partial charge < -0.3 is 24.8 Å². The van der Waals surface area contributed by atoms with Gasteiger partial charge in [0, 0.05) is 25.3 Å². The summed E-state index contributed by atoms with van der Waals surface area (Å²) in [6, 6.07) is 11.8. The maximum Gasteiger partial charge on any atom is 0.195 e. The fraction of sp³-hybridized carbons (Fsp3) is 0.350. The number of nitrogens with zero attached hydrogens (tertiary/aromatic N) is 1. The number of benzene rings is 2. The van der Waals surface area contributed by atoms with Crippen LogP contribution in [-0.2, 0) is 6.42 Å². The summed E-state index contributed by atoms with van der Waals surface area (Å²) in [7, 11) is 6.66. The summed E-state index contributed by atoms with van der Waals surface area (Å²) in [6.45, 7) is 2.81. The third kappa shape index (κ3) is 5.05. The van der Waals surface area contributed by atoms with Gasteiger partial charge in [-0.15, -0.1) is 0 Å². The lowest BCUT2D eigenvalue weighted by Crippen LogP contribution is -2.32. The van der Waals surface area contributed by atoms with Crippen molar-refractivity contribution >= 4 is 11.6 Å². The molecule has 0 bridgehead atoms. The van der Waals surface area contributed by atoms with E-state index < -0.39 is 0 Å². The number of aryl methyl sites for hydroxylation is 1. The van der Waals surface area contributed by atoms with E-state index in [1.54, 1.807) is 28.4 Å². The molecule has 2 aromatic carbocycles. The summed E-state index contributed by atoms with van der Waals surface area (Å²) < 4.78 is 16.0. The number of hydrogen-bond acceptors (Lipinski definition) is 4. The summed E-state index contributed by atoms with van der Waals surface area (Å²) in [5.74, 6) is 2.94. The van der Waals surface area contributed by atoms with Crippen molar-refractivity contribution in [2.45, 2.75) is 13.3 Å². The van der Waals surface area contributed by atoms with Gasteiger partial charge in [0.25, 0.3) is 0 Å². The first-order chi connectivity index (χ1) is 12.6. The molecule has 6 heteroatoms. The number of ether oxygens (including phenoxy) is 3. The van der Waals surface area contributed by atoms with Crippen LogP contribution < -0.4 is 24.8 Å². The van der Waals surface area contributed by atoms with E-state index in [4.69, 9.17) is 14.2 Å². The Bertz CT molecular complexity index is 760. The number of nitrogens with one attached hydrogen (secondary N) is 2. The number of anilines is 1. The van der Waals surface area contributed by atoms with E-state index in [9.17, 15) is 0 Å². The molecule has 0 aliphatic rings. The zero-order chi connectivity index (χ0) is 18.9. The molecule has 0 fully saturated rings. The van der Waals surface area contributed by atoms with Crippen LogP contribution in [0.5, 0.6) is 17.2 Å². The molecule has 2 aromatic rings. The van der Waals surface area contributed by atoms with E-state index in [-0.39, 0.29) is 0 Å². The Balaban J connectivity index is 1.97. The van der Waals surface area contributed by atoms with Gasteiger partial charge in [-0.1, -0.05) is 17.7 Å². The number of aliphatic imine (C=N–C) groups is 1. The molecule has 0 saturated carbocycles. The molecule has 2 N–H and O–H groups in total. The second-order valence-corrected chi connectivity index (χ2v) is 5.76. The van der Waals surface area contributed by atoms with Crippen LogP contribution in [-0.4, -0.2) is 40.9 Å². The zero-order valence-corrected chi connectivity index (χ0v) is 16.1. The molecule has 0 heterocycles. The van der Waals surface area contributed by atoms with Crippen molar-refractivity contribution in [2.24, 2.45) is 4.99 Å². The molecule has 6 nitrogen and oxygen atoms in total. The second-order valence-electron chi connectivity index (χ2n) is 5.76. The van der Waals surface area contributed by atoms with Gasteiger partial charge in [-0.2, -0.15) is 0 Å². The number of rotatable bonds is 7. The van der Waals surface area contributed by atoms with Gasteiger partial charge in [-0.3, -0.25) is 4.99 Å². The van der Waals surface area contributed by atoms with Crippen LogP contribution in [0.15, 0.2) is 41.4 Å². The maximum atomic E-state index is 5.43. The minimum absolute atomic E-state index is 0.664. The molecule has 140 valence electrons. The molecule has 0 aliphatic carbocycles. The van der Waals surface area contributed by atoms with Gasteiger partial charge in [0.15, 0.2) is 17.5 Å². The highest BCUT2D eigenvalue weighted by Crippen LogP contribution is 2.29. The van der Waals surface area contributed by atoms with Crippen LogP contribution in [0.2, 0.25) is 0 Å². The van der Waals surface area contributed by atoms with Gasteiger partial charge in [-0.25, -0.2) is 0 Å². The first-order valence-corrected chi connectivity index (χ1v) is 8.44. The van der Waals surface area contributed by atoms with Gasteiger partial charge in [0.2, 0.25) is 0 Å². The van der Waals surface area contributed by atoms with Gasteiger partial charge in [0.1, 0.15) is 5.75 Å². The molecule has 0 amide bonds. The Kier molecular flexibility index (Phi) is 7.14. The van der Waals surface area contributed by atoms with Crippen molar-refractivity contribution in [3.63, 3.8) is 0 Å². The predicted molar refractivity (Wildman–Crippen MR) is 106 cm³/mol. The van der Waals surface area contributed by atoms with E-state index in [1.807, 2.05) is 30.3 Å². The quantitative estimate of drug-likeness (QED) is 0.588. The summed E-state index contributed by atoms with van der Waals surface area (Å²) in [4.78, 5) is 4.26. The minimum atomic E-state index is 0.664. The second kappa shape index (κ2) is 9.56. The molecule has 0 radical (unpaired) electrons. The van der Waals surface area contributed by atoms with E-state index in [0.29, 0.717) is 17.5 Å². The van der Waals surface area contributed by atoms with Crippen LogP contribution in [0, 0.1) is 6.92 Å². The highest BCUT2D eigenvalue weighted by Gasteiger charge is 2.07. The first kappa shape index (κ1) is 19.4. The number of hydrogen-bond donors (Lipinski definition) is 2. The Labute approximate surface area is 155 Å². The number of methoxy groups -OCH3 is 3. The Morgan fingerprint density at radius 2 is 1.62 bits per heavy atom. The highest BCUT2D eigenvalue weighted by atomic mass is 16.5. The van der Waals surface area contributed by atoms with Crippen LogP contribution in [0.3, 0.4) is 0 Å². The van der Waals surface area contributed by atoms with Gasteiger partial charge in [-0.05, 0) is 37.1 Å². The van der Waals surface area contributed by atoms with E-state index in [0.717, 1.165) is 24.4 Å². The third-order valence-corrected chi connectivity index (χ3v) is 3.99. The van der Waals surface area contributed by atoms with Crippen molar-refractivity contribution < 1.29 is 14.2 Å².